The van der Waals surface area contributed by atoms with Crippen LogP contribution in [0.25, 0.3) is 0 Å². The summed E-state index contributed by atoms with van der Waals surface area (Å²) in [5, 5.41) is 10.9. The Balaban J connectivity index is 2.15. The van der Waals surface area contributed by atoms with Gasteiger partial charge in [0.1, 0.15) is 5.82 Å². The summed E-state index contributed by atoms with van der Waals surface area (Å²) in [6.45, 7) is -0.434. The number of ketones is 1. The zero-order valence-corrected chi connectivity index (χ0v) is 11.3. The maximum Gasteiger partial charge on any atom is 0.312 e. The van der Waals surface area contributed by atoms with Gasteiger partial charge in [-0.1, -0.05) is 17.7 Å². The molecule has 2 aromatic carbocycles. The molecule has 0 fully saturated rings. The molecule has 5 nitrogen and oxygen atoms in total. The average molecular weight is 310 g/mol. The van der Waals surface area contributed by atoms with Gasteiger partial charge in [-0.2, -0.15) is 0 Å². The molecule has 0 unspecified atom stereocenters. The Morgan fingerprint density at radius 3 is 2.52 bits per heavy atom. The van der Waals surface area contributed by atoms with Gasteiger partial charge in [0.15, 0.2) is 12.4 Å². The van der Waals surface area contributed by atoms with Crippen LogP contribution >= 0.6 is 11.6 Å². The highest BCUT2D eigenvalue weighted by Gasteiger charge is 2.19. The van der Waals surface area contributed by atoms with Crippen LogP contribution in [0.5, 0.6) is 5.75 Å². The second-order valence-corrected chi connectivity index (χ2v) is 4.47. The van der Waals surface area contributed by atoms with Crippen molar-refractivity contribution in [2.24, 2.45) is 0 Å². The first-order chi connectivity index (χ1) is 9.99. The third kappa shape index (κ3) is 3.55. The standard InChI is InChI=1S/C14H9ClFNO4/c15-11-2-1-3-12(17(19)20)14(11)21-8-13(18)9-4-6-10(16)7-5-9/h1-7H,8H2. The van der Waals surface area contributed by atoms with Gasteiger partial charge in [0.05, 0.1) is 9.95 Å². The predicted molar refractivity (Wildman–Crippen MR) is 74.3 cm³/mol. The van der Waals surface area contributed by atoms with E-state index in [1.54, 1.807) is 0 Å². The Morgan fingerprint density at radius 2 is 1.90 bits per heavy atom. The highest BCUT2D eigenvalue weighted by Crippen LogP contribution is 2.34. The fraction of sp³-hybridized carbons (Fsp3) is 0.0714. The van der Waals surface area contributed by atoms with Crippen molar-refractivity contribution in [1.29, 1.82) is 0 Å². The summed E-state index contributed by atoms with van der Waals surface area (Å²) in [7, 11) is 0. The van der Waals surface area contributed by atoms with Gasteiger partial charge in [-0.25, -0.2) is 4.39 Å². The van der Waals surface area contributed by atoms with Crippen molar-refractivity contribution >= 4 is 23.1 Å². The maximum absolute atomic E-state index is 12.8. The molecule has 0 bridgehead atoms. The summed E-state index contributed by atoms with van der Waals surface area (Å²) in [5.74, 6) is -1.07. The van der Waals surface area contributed by atoms with Crippen LogP contribution in [0.2, 0.25) is 5.02 Å². The molecule has 0 saturated carbocycles. The topological polar surface area (TPSA) is 69.4 Å². The number of carbonyl (C=O) groups excluding carboxylic acids is 1. The molecule has 21 heavy (non-hydrogen) atoms. The third-order valence-corrected chi connectivity index (χ3v) is 2.95. The number of carbonyl (C=O) groups is 1. The van der Waals surface area contributed by atoms with E-state index in [9.17, 15) is 19.3 Å². The van der Waals surface area contributed by atoms with E-state index in [4.69, 9.17) is 16.3 Å². The minimum atomic E-state index is -0.649. The van der Waals surface area contributed by atoms with E-state index in [1.165, 1.54) is 30.3 Å². The Kier molecular flexibility index (Phi) is 4.49. The lowest BCUT2D eigenvalue weighted by molar-refractivity contribution is -0.385. The van der Waals surface area contributed by atoms with Crippen LogP contribution in [0.4, 0.5) is 10.1 Å². The first-order valence-corrected chi connectivity index (χ1v) is 6.21. The van der Waals surface area contributed by atoms with Crippen LogP contribution in [-0.2, 0) is 0 Å². The second-order valence-electron chi connectivity index (χ2n) is 4.06. The van der Waals surface area contributed by atoms with E-state index in [0.717, 1.165) is 12.1 Å². The first-order valence-electron chi connectivity index (χ1n) is 5.83. The lowest BCUT2D eigenvalue weighted by atomic mass is 10.1. The number of nitrogens with zero attached hydrogens (tertiary/aromatic N) is 1. The van der Waals surface area contributed by atoms with Crippen molar-refractivity contribution in [1.82, 2.24) is 0 Å². The number of para-hydroxylation sites is 1. The molecule has 0 aliphatic carbocycles. The molecule has 0 aromatic heterocycles. The van der Waals surface area contributed by atoms with Crippen molar-refractivity contribution in [3.05, 3.63) is 69.0 Å². The smallest absolute Gasteiger partial charge is 0.312 e. The molecule has 0 aliphatic rings. The quantitative estimate of drug-likeness (QED) is 0.480. The van der Waals surface area contributed by atoms with Crippen molar-refractivity contribution in [2.75, 3.05) is 6.61 Å². The molecule has 7 heteroatoms. The van der Waals surface area contributed by atoms with E-state index in [1.807, 2.05) is 0 Å². The van der Waals surface area contributed by atoms with E-state index in [0.29, 0.717) is 0 Å². The number of benzene rings is 2. The number of hydrogen-bond donors (Lipinski definition) is 0. The average Bonchev–Trinajstić information content (AvgIpc) is 2.46. The monoisotopic (exact) mass is 309 g/mol. The van der Waals surface area contributed by atoms with E-state index < -0.39 is 23.1 Å². The largest absolute Gasteiger partial charge is 0.477 e. The molecule has 108 valence electrons. The van der Waals surface area contributed by atoms with Crippen LogP contribution in [0.1, 0.15) is 10.4 Å². The molecule has 2 rings (SSSR count). The van der Waals surface area contributed by atoms with Gasteiger partial charge in [0.2, 0.25) is 5.75 Å². The van der Waals surface area contributed by atoms with Gasteiger partial charge in [-0.15, -0.1) is 0 Å². The molecule has 0 radical (unpaired) electrons. The number of nitro benzene ring substituents is 1. The number of rotatable bonds is 5. The zero-order chi connectivity index (χ0) is 15.4. The van der Waals surface area contributed by atoms with Crippen LogP contribution < -0.4 is 4.74 Å². The number of ether oxygens (including phenoxy) is 1. The number of halogens is 2. The van der Waals surface area contributed by atoms with Crippen molar-refractivity contribution in [2.45, 2.75) is 0 Å². The van der Waals surface area contributed by atoms with Gasteiger partial charge < -0.3 is 4.74 Å². The molecule has 2 aromatic rings. The van der Waals surface area contributed by atoms with Gasteiger partial charge >= 0.3 is 5.69 Å². The molecule has 0 spiro atoms. The minimum Gasteiger partial charge on any atom is -0.477 e. The molecular weight excluding hydrogens is 301 g/mol. The molecular formula is C14H9ClFNO4. The van der Waals surface area contributed by atoms with Crippen LogP contribution in [0, 0.1) is 15.9 Å². The summed E-state index contributed by atoms with van der Waals surface area (Å²) in [6, 6.07) is 8.96. The first kappa shape index (κ1) is 14.9. The molecule has 0 atom stereocenters. The Hall–Kier alpha value is -2.47. The second kappa shape index (κ2) is 6.32. The Labute approximate surface area is 124 Å². The van der Waals surface area contributed by atoms with E-state index >= 15 is 0 Å². The molecule has 0 amide bonds. The van der Waals surface area contributed by atoms with Gasteiger partial charge in [-0.05, 0) is 30.3 Å². The summed E-state index contributed by atoms with van der Waals surface area (Å²) < 4.78 is 17.9. The normalized spacial score (nSPS) is 10.2. The highest BCUT2D eigenvalue weighted by atomic mass is 35.5. The van der Waals surface area contributed by atoms with Gasteiger partial charge in [0, 0.05) is 11.6 Å². The number of Topliss-reactive ketones (excluding diaryl/α,β-unsaturated/α-hetero) is 1. The van der Waals surface area contributed by atoms with Crippen molar-refractivity contribution < 1.29 is 18.8 Å². The summed E-state index contributed by atoms with van der Waals surface area (Å²) in [6.07, 6.45) is 0. The predicted octanol–water partition coefficient (Wildman–Crippen LogP) is 3.65. The van der Waals surface area contributed by atoms with Gasteiger partial charge in [0.25, 0.3) is 0 Å². The Morgan fingerprint density at radius 1 is 1.24 bits per heavy atom. The fourth-order valence-corrected chi connectivity index (χ4v) is 1.87. The Bertz CT molecular complexity index is 688. The van der Waals surface area contributed by atoms with Gasteiger partial charge in [-0.3, -0.25) is 14.9 Å². The fourth-order valence-electron chi connectivity index (χ4n) is 1.64. The van der Waals surface area contributed by atoms with Crippen LogP contribution in [-0.4, -0.2) is 17.3 Å². The minimum absolute atomic E-state index is 0.0381. The zero-order valence-electron chi connectivity index (χ0n) is 10.6. The maximum atomic E-state index is 12.8. The third-order valence-electron chi connectivity index (χ3n) is 2.66. The number of hydrogen-bond acceptors (Lipinski definition) is 4. The SMILES string of the molecule is O=C(COc1c(Cl)cccc1[N+](=O)[O-])c1ccc(F)cc1. The summed E-state index contributed by atoms with van der Waals surface area (Å²) in [5.41, 5.74) is -0.0829. The molecule has 0 saturated heterocycles. The molecule has 0 heterocycles. The van der Waals surface area contributed by atoms with Crippen LogP contribution in [0.3, 0.4) is 0 Å². The molecule has 0 aliphatic heterocycles. The lowest BCUT2D eigenvalue weighted by Crippen LogP contribution is -2.12. The number of nitro groups is 1. The lowest BCUT2D eigenvalue weighted by Gasteiger charge is -2.07. The summed E-state index contributed by atoms with van der Waals surface area (Å²) in [4.78, 5) is 22.1. The van der Waals surface area contributed by atoms with Crippen LogP contribution in [0.15, 0.2) is 42.5 Å². The molecule has 0 N–H and O–H groups in total. The van der Waals surface area contributed by atoms with E-state index in [-0.39, 0.29) is 22.0 Å². The summed E-state index contributed by atoms with van der Waals surface area (Å²) >= 11 is 5.83. The van der Waals surface area contributed by atoms with Crippen molar-refractivity contribution in [3.63, 3.8) is 0 Å². The van der Waals surface area contributed by atoms with E-state index in [2.05, 4.69) is 0 Å². The van der Waals surface area contributed by atoms with Crippen molar-refractivity contribution in [3.8, 4) is 5.75 Å². The highest BCUT2D eigenvalue weighted by molar-refractivity contribution is 6.32.